The van der Waals surface area contributed by atoms with Gasteiger partial charge < -0.3 is 19.5 Å². The highest BCUT2D eigenvalue weighted by atomic mass is 16.5. The summed E-state index contributed by atoms with van der Waals surface area (Å²) in [5.74, 6) is -0.501. The number of pyridine rings is 1. The standard InChI is InChI=1S/C23H33N3O6/c1-15(2)22(29)31-12-18-6-5-8-24-21(18)25-11-19(27)32-14-23(13-30-4)20(28)17-7-9-26(23)16(3)10-17/h5-6,8,15-17H,7,9-14H2,1-4H3,(H,24,25). The lowest BCUT2D eigenvalue weighted by Gasteiger charge is -2.55. The second-order valence-electron chi connectivity index (χ2n) is 8.88. The number of carbonyl (C=O) groups is 3. The van der Waals surface area contributed by atoms with Gasteiger partial charge in [-0.3, -0.25) is 19.3 Å². The molecule has 0 radical (unpaired) electrons. The van der Waals surface area contributed by atoms with Crippen molar-refractivity contribution in [1.29, 1.82) is 0 Å². The van der Waals surface area contributed by atoms with Crippen molar-refractivity contribution >= 4 is 23.5 Å². The molecule has 0 aromatic carbocycles. The molecular weight excluding hydrogens is 414 g/mol. The zero-order chi connectivity index (χ0) is 23.3. The Kier molecular flexibility index (Phi) is 7.84. The first-order valence-electron chi connectivity index (χ1n) is 11.1. The second-order valence-corrected chi connectivity index (χ2v) is 8.88. The maximum atomic E-state index is 13.1. The normalized spacial score (nSPS) is 26.8. The Morgan fingerprint density at radius 3 is 2.78 bits per heavy atom. The third-order valence-electron chi connectivity index (χ3n) is 6.24. The van der Waals surface area contributed by atoms with E-state index in [2.05, 4.69) is 22.1 Å². The molecule has 4 rings (SSSR count). The maximum Gasteiger partial charge on any atom is 0.325 e. The van der Waals surface area contributed by atoms with E-state index >= 15 is 0 Å². The van der Waals surface area contributed by atoms with Crippen LogP contribution in [0.4, 0.5) is 5.82 Å². The number of ether oxygens (including phenoxy) is 3. The lowest BCUT2D eigenvalue weighted by molar-refractivity contribution is -0.172. The molecule has 3 saturated heterocycles. The zero-order valence-corrected chi connectivity index (χ0v) is 19.3. The first-order chi connectivity index (χ1) is 15.3. The molecule has 32 heavy (non-hydrogen) atoms. The molecule has 1 N–H and O–H groups in total. The largest absolute Gasteiger partial charge is 0.462 e. The van der Waals surface area contributed by atoms with Crippen LogP contribution in [0.2, 0.25) is 0 Å². The predicted octanol–water partition coefficient (Wildman–Crippen LogP) is 1.80. The van der Waals surface area contributed by atoms with E-state index < -0.39 is 11.5 Å². The van der Waals surface area contributed by atoms with Crippen molar-refractivity contribution in [2.45, 2.75) is 51.8 Å². The number of carbonyl (C=O) groups excluding carboxylic acids is 3. The van der Waals surface area contributed by atoms with Gasteiger partial charge in [0.1, 0.15) is 31.1 Å². The van der Waals surface area contributed by atoms with E-state index in [0.29, 0.717) is 11.4 Å². The average molecular weight is 448 g/mol. The fraction of sp³-hybridized carbons (Fsp3) is 0.652. The van der Waals surface area contributed by atoms with Crippen molar-refractivity contribution in [2.75, 3.05) is 38.7 Å². The van der Waals surface area contributed by atoms with Crippen LogP contribution in [0.5, 0.6) is 0 Å². The minimum absolute atomic E-state index is 0.00777. The van der Waals surface area contributed by atoms with Crippen molar-refractivity contribution in [3.05, 3.63) is 23.9 Å². The molecule has 4 unspecified atom stereocenters. The van der Waals surface area contributed by atoms with Gasteiger partial charge in [-0.25, -0.2) is 4.98 Å². The Labute approximate surface area is 188 Å². The molecule has 1 aromatic rings. The van der Waals surface area contributed by atoms with Gasteiger partial charge in [-0.2, -0.15) is 0 Å². The van der Waals surface area contributed by atoms with Gasteiger partial charge in [-0.15, -0.1) is 0 Å². The Hall–Kier alpha value is -2.52. The molecule has 3 fully saturated rings. The number of piperidine rings is 3. The summed E-state index contributed by atoms with van der Waals surface area (Å²) in [6.07, 6.45) is 3.26. The van der Waals surface area contributed by atoms with Crippen molar-refractivity contribution in [1.82, 2.24) is 9.88 Å². The minimum Gasteiger partial charge on any atom is -0.462 e. The van der Waals surface area contributed by atoms with Gasteiger partial charge in [0.15, 0.2) is 5.78 Å². The van der Waals surface area contributed by atoms with Crippen molar-refractivity contribution < 1.29 is 28.6 Å². The number of esters is 2. The van der Waals surface area contributed by atoms with E-state index in [9.17, 15) is 14.4 Å². The number of fused-ring (bicyclic) bond motifs is 3. The van der Waals surface area contributed by atoms with E-state index in [1.165, 1.54) is 0 Å². The molecule has 0 amide bonds. The molecule has 176 valence electrons. The van der Waals surface area contributed by atoms with E-state index in [1.54, 1.807) is 39.3 Å². The number of rotatable bonds is 10. The average Bonchev–Trinajstić information content (AvgIpc) is 2.78. The molecule has 0 saturated carbocycles. The molecule has 9 heteroatoms. The Morgan fingerprint density at radius 2 is 2.09 bits per heavy atom. The van der Waals surface area contributed by atoms with Crippen molar-refractivity contribution in [3.63, 3.8) is 0 Å². The molecule has 0 spiro atoms. The summed E-state index contributed by atoms with van der Waals surface area (Å²) in [4.78, 5) is 43.7. The van der Waals surface area contributed by atoms with Crippen LogP contribution in [0.15, 0.2) is 18.3 Å². The summed E-state index contributed by atoms with van der Waals surface area (Å²) in [7, 11) is 1.56. The highest BCUT2D eigenvalue weighted by molar-refractivity contribution is 5.93. The van der Waals surface area contributed by atoms with E-state index in [0.717, 1.165) is 19.4 Å². The van der Waals surface area contributed by atoms with Crippen LogP contribution in [0.1, 0.15) is 39.2 Å². The predicted molar refractivity (Wildman–Crippen MR) is 117 cm³/mol. The Morgan fingerprint density at radius 1 is 1.31 bits per heavy atom. The summed E-state index contributed by atoms with van der Waals surface area (Å²) in [6, 6.07) is 3.74. The van der Waals surface area contributed by atoms with Crippen LogP contribution in [-0.4, -0.2) is 72.6 Å². The van der Waals surface area contributed by atoms with Crippen LogP contribution in [-0.2, 0) is 35.2 Å². The lowest BCUT2D eigenvalue weighted by atomic mass is 9.71. The second kappa shape index (κ2) is 10.4. The molecule has 3 aliphatic heterocycles. The summed E-state index contributed by atoms with van der Waals surface area (Å²) < 4.78 is 16.2. The molecule has 0 aliphatic carbocycles. The third kappa shape index (κ3) is 5.10. The van der Waals surface area contributed by atoms with Gasteiger partial charge in [0.2, 0.25) is 0 Å². The number of nitrogens with one attached hydrogen (secondary N) is 1. The van der Waals surface area contributed by atoms with E-state index in [4.69, 9.17) is 14.2 Å². The fourth-order valence-electron chi connectivity index (χ4n) is 4.59. The van der Waals surface area contributed by atoms with Crippen LogP contribution in [0, 0.1) is 11.8 Å². The summed E-state index contributed by atoms with van der Waals surface area (Å²) in [5, 5.41) is 2.95. The number of anilines is 1. The van der Waals surface area contributed by atoms with E-state index in [1.807, 2.05) is 0 Å². The van der Waals surface area contributed by atoms with Gasteiger partial charge in [0.25, 0.3) is 0 Å². The number of nitrogens with zero attached hydrogens (tertiary/aromatic N) is 2. The highest BCUT2D eigenvalue weighted by Crippen LogP contribution is 2.40. The SMILES string of the molecule is COCC1(COC(=O)CNc2ncccc2COC(=O)C(C)C)C(=O)C2CCN1C(C)C2. The first kappa shape index (κ1) is 24.1. The van der Waals surface area contributed by atoms with Crippen LogP contribution in [0.25, 0.3) is 0 Å². The van der Waals surface area contributed by atoms with Crippen LogP contribution < -0.4 is 5.32 Å². The zero-order valence-electron chi connectivity index (χ0n) is 19.3. The van der Waals surface area contributed by atoms with Gasteiger partial charge in [0.05, 0.1) is 12.5 Å². The summed E-state index contributed by atoms with van der Waals surface area (Å²) >= 11 is 0. The molecule has 4 heterocycles. The Balaban J connectivity index is 1.58. The summed E-state index contributed by atoms with van der Waals surface area (Å²) in [5.41, 5.74) is -0.267. The number of methoxy groups -OCH3 is 1. The van der Waals surface area contributed by atoms with Gasteiger partial charge in [-0.05, 0) is 25.8 Å². The minimum atomic E-state index is -0.924. The fourth-order valence-corrected chi connectivity index (χ4v) is 4.59. The molecule has 4 atom stereocenters. The molecule has 2 bridgehead atoms. The Bertz CT molecular complexity index is 845. The number of ketones is 1. The van der Waals surface area contributed by atoms with Crippen LogP contribution in [0.3, 0.4) is 0 Å². The van der Waals surface area contributed by atoms with Crippen LogP contribution >= 0.6 is 0 Å². The number of aromatic nitrogens is 1. The molecular formula is C23H33N3O6. The van der Waals surface area contributed by atoms with Gasteiger partial charge in [0, 0.05) is 37.4 Å². The monoisotopic (exact) mass is 447 g/mol. The smallest absolute Gasteiger partial charge is 0.325 e. The van der Waals surface area contributed by atoms with Gasteiger partial charge >= 0.3 is 11.9 Å². The molecule has 1 aromatic heterocycles. The third-order valence-corrected chi connectivity index (χ3v) is 6.24. The topological polar surface area (TPSA) is 107 Å². The highest BCUT2D eigenvalue weighted by Gasteiger charge is 2.56. The van der Waals surface area contributed by atoms with Crippen molar-refractivity contribution in [3.8, 4) is 0 Å². The molecule has 9 nitrogen and oxygen atoms in total. The van der Waals surface area contributed by atoms with Gasteiger partial charge in [-0.1, -0.05) is 19.9 Å². The quantitative estimate of drug-likeness (QED) is 0.537. The number of Topliss-reactive ketones (excluding diaryl/α,β-unsaturated/α-hetero) is 1. The van der Waals surface area contributed by atoms with Crippen molar-refractivity contribution in [2.24, 2.45) is 11.8 Å². The van der Waals surface area contributed by atoms with E-state index in [-0.39, 0.29) is 56.0 Å². The summed E-state index contributed by atoms with van der Waals surface area (Å²) in [6.45, 7) is 6.50. The maximum absolute atomic E-state index is 13.1. The number of hydrogen-bond donors (Lipinski definition) is 1. The number of hydrogen-bond acceptors (Lipinski definition) is 9. The lowest BCUT2D eigenvalue weighted by Crippen LogP contribution is -2.71. The first-order valence-corrected chi connectivity index (χ1v) is 11.1. The molecule has 3 aliphatic rings.